The molecule has 2 aromatic rings. The molecule has 2 saturated heterocycles. The van der Waals surface area contributed by atoms with Crippen molar-refractivity contribution in [3.63, 3.8) is 0 Å². The van der Waals surface area contributed by atoms with Crippen LogP contribution < -0.4 is 0 Å². The number of carbonyl (C=O) groups excluding carboxylic acids is 3. The summed E-state index contributed by atoms with van der Waals surface area (Å²) in [6, 6.07) is 7.73. The molecule has 7 nitrogen and oxygen atoms in total. The van der Waals surface area contributed by atoms with Gasteiger partial charge >= 0.3 is 5.97 Å². The topological polar surface area (TPSA) is 71.8 Å². The van der Waals surface area contributed by atoms with Crippen molar-refractivity contribution in [3.05, 3.63) is 36.0 Å². The molecule has 2 aliphatic heterocycles. The van der Waals surface area contributed by atoms with E-state index in [1.54, 1.807) is 4.90 Å². The molecule has 2 fully saturated rings. The highest BCUT2D eigenvalue weighted by Crippen LogP contribution is 2.35. The van der Waals surface area contributed by atoms with Crippen molar-refractivity contribution < 1.29 is 19.1 Å². The van der Waals surface area contributed by atoms with E-state index >= 15 is 0 Å². The van der Waals surface area contributed by atoms with Crippen LogP contribution in [0.4, 0.5) is 0 Å². The number of para-hydroxylation sites is 1. The van der Waals surface area contributed by atoms with E-state index < -0.39 is 0 Å². The Balaban J connectivity index is 1.52. The second kappa shape index (κ2) is 7.54. The molecule has 154 valence electrons. The van der Waals surface area contributed by atoms with Gasteiger partial charge in [0.05, 0.1) is 32.0 Å². The number of esters is 1. The van der Waals surface area contributed by atoms with E-state index in [0.29, 0.717) is 19.4 Å². The summed E-state index contributed by atoms with van der Waals surface area (Å²) in [6.07, 6.45) is 3.50. The summed E-state index contributed by atoms with van der Waals surface area (Å²) in [5, 5.41) is 1.06. The molecule has 0 spiro atoms. The van der Waals surface area contributed by atoms with E-state index in [4.69, 9.17) is 4.74 Å². The third-order valence-corrected chi connectivity index (χ3v) is 6.38. The van der Waals surface area contributed by atoms with E-state index in [1.807, 2.05) is 53.9 Å². The first-order chi connectivity index (χ1) is 13.9. The number of fused-ring (bicyclic) bond motifs is 2. The third kappa shape index (κ3) is 3.28. The molecule has 1 aromatic heterocycles. The predicted octanol–water partition coefficient (Wildman–Crippen LogP) is 1.73. The molecule has 0 saturated carbocycles. The van der Waals surface area contributed by atoms with Gasteiger partial charge in [0.25, 0.3) is 0 Å². The molecule has 4 rings (SSSR count). The Kier molecular flexibility index (Phi) is 5.06. The zero-order valence-electron chi connectivity index (χ0n) is 17.1. The molecule has 2 amide bonds. The van der Waals surface area contributed by atoms with Gasteiger partial charge in [-0.05, 0) is 24.5 Å². The number of carbonyl (C=O) groups is 3. The largest absolute Gasteiger partial charge is 0.469 e. The zero-order valence-corrected chi connectivity index (χ0v) is 17.1. The Morgan fingerprint density at radius 1 is 1.24 bits per heavy atom. The van der Waals surface area contributed by atoms with E-state index in [9.17, 15) is 14.4 Å². The number of rotatable bonds is 4. The van der Waals surface area contributed by atoms with Crippen LogP contribution in [0, 0.1) is 5.92 Å². The van der Waals surface area contributed by atoms with E-state index in [-0.39, 0.29) is 48.8 Å². The van der Waals surface area contributed by atoms with Crippen LogP contribution in [0.25, 0.3) is 10.9 Å². The van der Waals surface area contributed by atoms with Crippen molar-refractivity contribution in [2.45, 2.75) is 38.3 Å². The van der Waals surface area contributed by atoms with Crippen molar-refractivity contribution in [3.8, 4) is 0 Å². The highest BCUT2D eigenvalue weighted by atomic mass is 16.5. The maximum Gasteiger partial charge on any atom is 0.310 e. The molecule has 0 bridgehead atoms. The fourth-order valence-corrected chi connectivity index (χ4v) is 5.06. The van der Waals surface area contributed by atoms with Crippen molar-refractivity contribution in [2.75, 3.05) is 20.2 Å². The van der Waals surface area contributed by atoms with Crippen molar-refractivity contribution in [1.29, 1.82) is 0 Å². The lowest BCUT2D eigenvalue weighted by molar-refractivity contribution is -0.150. The number of benzene rings is 1. The van der Waals surface area contributed by atoms with Gasteiger partial charge in [-0.15, -0.1) is 0 Å². The Labute approximate surface area is 170 Å². The fraction of sp³-hybridized carbons (Fsp3) is 0.500. The highest BCUT2D eigenvalue weighted by Gasteiger charge is 2.49. The summed E-state index contributed by atoms with van der Waals surface area (Å²) < 4.78 is 6.96. The number of hydrogen-bond donors (Lipinski definition) is 0. The average Bonchev–Trinajstić information content (AvgIpc) is 3.25. The minimum Gasteiger partial charge on any atom is -0.469 e. The Morgan fingerprint density at radius 2 is 2.00 bits per heavy atom. The molecule has 0 N–H and O–H groups in total. The minimum atomic E-state index is -0.313. The minimum absolute atomic E-state index is 0.0519. The fourth-order valence-electron chi connectivity index (χ4n) is 5.06. The van der Waals surface area contributed by atoms with E-state index in [0.717, 1.165) is 16.5 Å². The third-order valence-electron chi connectivity index (χ3n) is 6.38. The van der Waals surface area contributed by atoms with Crippen molar-refractivity contribution in [2.24, 2.45) is 13.0 Å². The molecule has 3 heterocycles. The summed E-state index contributed by atoms with van der Waals surface area (Å²) in [6.45, 7) is 2.53. The molecule has 2 aliphatic rings. The Hall–Kier alpha value is -2.83. The lowest BCUT2D eigenvalue weighted by atomic mass is 9.97. The van der Waals surface area contributed by atoms with E-state index in [1.165, 1.54) is 7.11 Å². The monoisotopic (exact) mass is 397 g/mol. The SMILES string of the molecule is CC[C@H]1[C@@H](C(=O)OC)C[C@H]2CN(C(=O)Cc3cn(C)c4ccccc34)CC(=O)N21. The first-order valence-corrected chi connectivity index (χ1v) is 10.1. The molecule has 0 radical (unpaired) electrons. The van der Waals surface area contributed by atoms with Gasteiger partial charge in [0.15, 0.2) is 0 Å². The van der Waals surface area contributed by atoms with Gasteiger partial charge in [-0.25, -0.2) is 0 Å². The molecule has 29 heavy (non-hydrogen) atoms. The number of amides is 2. The van der Waals surface area contributed by atoms with Crippen LogP contribution in [0.15, 0.2) is 30.5 Å². The molecular formula is C22H27N3O4. The first-order valence-electron chi connectivity index (χ1n) is 10.1. The molecule has 1 aromatic carbocycles. The van der Waals surface area contributed by atoms with Gasteiger partial charge in [0, 0.05) is 36.7 Å². The molecule has 7 heteroatoms. The zero-order chi connectivity index (χ0) is 20.7. The summed E-state index contributed by atoms with van der Waals surface area (Å²) in [5.74, 6) is -0.713. The number of ether oxygens (including phenoxy) is 1. The number of hydrogen-bond acceptors (Lipinski definition) is 4. The quantitative estimate of drug-likeness (QED) is 0.737. The lowest BCUT2D eigenvalue weighted by Crippen LogP contribution is -2.57. The second-order valence-corrected chi connectivity index (χ2v) is 8.03. The van der Waals surface area contributed by atoms with Gasteiger partial charge in [-0.2, -0.15) is 0 Å². The summed E-state index contributed by atoms with van der Waals surface area (Å²) >= 11 is 0. The maximum absolute atomic E-state index is 13.0. The second-order valence-electron chi connectivity index (χ2n) is 8.03. The molecule has 0 aliphatic carbocycles. The average molecular weight is 397 g/mol. The predicted molar refractivity (Wildman–Crippen MR) is 108 cm³/mol. The number of piperazine rings is 1. The standard InChI is InChI=1S/C22H27N3O4/c1-4-18-17(22(28)29-3)10-15-12-24(13-21(27)25(15)18)20(26)9-14-11-23(2)19-8-6-5-7-16(14)19/h5-8,11,15,17-18H,4,9-10,12-13H2,1-3H3/t15-,17-,18-/m0/s1. The molecular weight excluding hydrogens is 370 g/mol. The van der Waals surface area contributed by atoms with Crippen LogP contribution in [0.3, 0.4) is 0 Å². The maximum atomic E-state index is 13.0. The van der Waals surface area contributed by atoms with Crippen molar-refractivity contribution in [1.82, 2.24) is 14.4 Å². The Bertz CT molecular complexity index is 966. The van der Waals surface area contributed by atoms with E-state index in [2.05, 4.69) is 0 Å². The van der Waals surface area contributed by atoms with Crippen LogP contribution in [0.1, 0.15) is 25.3 Å². The van der Waals surface area contributed by atoms with Gasteiger partial charge in [0.2, 0.25) is 11.8 Å². The van der Waals surface area contributed by atoms with Crippen LogP contribution in [-0.2, 0) is 32.6 Å². The van der Waals surface area contributed by atoms with Crippen molar-refractivity contribution >= 4 is 28.7 Å². The molecule has 3 atom stereocenters. The number of methoxy groups -OCH3 is 1. The lowest BCUT2D eigenvalue weighted by Gasteiger charge is -2.39. The van der Waals surface area contributed by atoms with Gasteiger partial charge < -0.3 is 19.1 Å². The first kappa shape index (κ1) is 19.5. The summed E-state index contributed by atoms with van der Waals surface area (Å²) in [5.41, 5.74) is 2.05. The summed E-state index contributed by atoms with van der Waals surface area (Å²) in [7, 11) is 3.35. The molecule has 0 unspecified atom stereocenters. The van der Waals surface area contributed by atoms with Gasteiger partial charge in [0.1, 0.15) is 0 Å². The van der Waals surface area contributed by atoms with Crippen LogP contribution in [0.2, 0.25) is 0 Å². The van der Waals surface area contributed by atoms with Gasteiger partial charge in [-0.1, -0.05) is 25.1 Å². The normalized spacial score (nSPS) is 24.1. The number of aryl methyl sites for hydroxylation is 1. The number of nitrogens with zero attached hydrogens (tertiary/aromatic N) is 3. The van der Waals surface area contributed by atoms with Gasteiger partial charge in [-0.3, -0.25) is 14.4 Å². The highest BCUT2D eigenvalue weighted by molar-refractivity contribution is 5.92. The number of aromatic nitrogens is 1. The van der Waals surface area contributed by atoms with Crippen LogP contribution >= 0.6 is 0 Å². The Morgan fingerprint density at radius 3 is 2.72 bits per heavy atom. The van der Waals surface area contributed by atoms with Crippen LogP contribution in [-0.4, -0.2) is 64.4 Å². The van der Waals surface area contributed by atoms with Crippen LogP contribution in [0.5, 0.6) is 0 Å². The smallest absolute Gasteiger partial charge is 0.310 e. The summed E-state index contributed by atoms with van der Waals surface area (Å²) in [4.78, 5) is 41.5.